The van der Waals surface area contributed by atoms with Gasteiger partial charge in [-0.05, 0) is 12.8 Å². The van der Waals surface area contributed by atoms with Crippen molar-refractivity contribution in [3.63, 3.8) is 0 Å². The number of nitrogens with one attached hydrogen (secondary N) is 1. The number of unbranched alkanes of at least 4 members (excludes halogenated alkanes) is 23. The molecule has 0 rings (SSSR count). The maximum atomic E-state index is 12.3. The summed E-state index contributed by atoms with van der Waals surface area (Å²) in [5.41, 5.74) is 0. The van der Waals surface area contributed by atoms with Gasteiger partial charge in [0.05, 0.1) is 18.8 Å². The Labute approximate surface area is 243 Å². The molecule has 3 unspecified atom stereocenters. The minimum absolute atomic E-state index is 0.309. The lowest BCUT2D eigenvalue weighted by atomic mass is 10.0. The van der Waals surface area contributed by atoms with E-state index in [1.54, 1.807) is 0 Å². The smallest absolute Gasteiger partial charge is 0.249 e. The zero-order chi connectivity index (χ0) is 28.8. The molecule has 39 heavy (non-hydrogen) atoms. The summed E-state index contributed by atoms with van der Waals surface area (Å²) in [5, 5.41) is 32.9. The second kappa shape index (κ2) is 30.3. The molecule has 5 nitrogen and oxygen atoms in total. The van der Waals surface area contributed by atoms with Gasteiger partial charge in [-0.2, -0.15) is 0 Å². The van der Waals surface area contributed by atoms with Crippen LogP contribution in [0.1, 0.15) is 187 Å². The molecule has 0 aliphatic rings. The largest absolute Gasteiger partial charge is 0.394 e. The van der Waals surface area contributed by atoms with Crippen LogP contribution < -0.4 is 5.32 Å². The molecule has 5 heteroatoms. The fourth-order valence-corrected chi connectivity index (χ4v) is 5.42. The Morgan fingerprint density at radius 1 is 0.513 bits per heavy atom. The number of hydrogen-bond acceptors (Lipinski definition) is 4. The molecule has 0 heterocycles. The number of aliphatic hydroxyl groups is 3. The van der Waals surface area contributed by atoms with Crippen molar-refractivity contribution in [2.75, 3.05) is 6.61 Å². The summed E-state index contributed by atoms with van der Waals surface area (Å²) in [5.74, 6) is -0.471. The van der Waals surface area contributed by atoms with Gasteiger partial charge >= 0.3 is 0 Å². The Kier molecular flexibility index (Phi) is 29.8. The quantitative estimate of drug-likeness (QED) is 0.0644. The third-order valence-corrected chi connectivity index (χ3v) is 8.23. The van der Waals surface area contributed by atoms with Crippen LogP contribution in [0.2, 0.25) is 0 Å². The first-order valence-corrected chi connectivity index (χ1v) is 17.3. The van der Waals surface area contributed by atoms with Gasteiger partial charge in [0, 0.05) is 0 Å². The van der Waals surface area contributed by atoms with Crippen molar-refractivity contribution in [1.29, 1.82) is 0 Å². The van der Waals surface area contributed by atoms with Crippen LogP contribution in [0.25, 0.3) is 0 Å². The highest BCUT2D eigenvalue weighted by Gasteiger charge is 2.23. The predicted molar refractivity (Wildman–Crippen MR) is 167 cm³/mol. The van der Waals surface area contributed by atoms with Crippen molar-refractivity contribution in [1.82, 2.24) is 5.32 Å². The molecule has 0 aliphatic carbocycles. The molecular formula is C34H69NO4. The summed E-state index contributed by atoms with van der Waals surface area (Å²) >= 11 is 0. The topological polar surface area (TPSA) is 89.8 Å². The lowest BCUT2D eigenvalue weighted by Gasteiger charge is -2.23. The Hall–Kier alpha value is -0.650. The first-order chi connectivity index (χ1) is 19.1. The van der Waals surface area contributed by atoms with E-state index in [2.05, 4.69) is 19.2 Å². The van der Waals surface area contributed by atoms with E-state index in [4.69, 9.17) is 0 Å². The maximum absolute atomic E-state index is 12.3. The van der Waals surface area contributed by atoms with Crippen LogP contribution in [-0.2, 0) is 4.79 Å². The van der Waals surface area contributed by atoms with Crippen molar-refractivity contribution >= 4 is 5.91 Å². The molecule has 0 spiro atoms. The predicted octanol–water partition coefficient (Wildman–Crippen LogP) is 8.76. The van der Waals surface area contributed by atoms with Gasteiger partial charge in [-0.15, -0.1) is 0 Å². The van der Waals surface area contributed by atoms with E-state index in [1.165, 1.54) is 128 Å². The molecular weight excluding hydrogens is 486 g/mol. The second-order valence-electron chi connectivity index (χ2n) is 12.1. The molecule has 0 fully saturated rings. The molecule has 0 aromatic heterocycles. The zero-order valence-corrected chi connectivity index (χ0v) is 26.3. The fraction of sp³-hybridized carbons (Fsp3) is 0.971. The first-order valence-electron chi connectivity index (χ1n) is 17.3. The highest BCUT2D eigenvalue weighted by molar-refractivity contribution is 5.80. The normalized spacial score (nSPS) is 13.9. The van der Waals surface area contributed by atoms with Crippen LogP contribution in [0, 0.1) is 0 Å². The molecule has 0 bridgehead atoms. The third-order valence-electron chi connectivity index (χ3n) is 8.23. The van der Waals surface area contributed by atoms with E-state index >= 15 is 0 Å². The molecule has 0 radical (unpaired) electrons. The van der Waals surface area contributed by atoms with Gasteiger partial charge in [0.2, 0.25) is 5.91 Å². The van der Waals surface area contributed by atoms with Crippen LogP contribution in [0.4, 0.5) is 0 Å². The lowest BCUT2D eigenvalue weighted by molar-refractivity contribution is -0.131. The van der Waals surface area contributed by atoms with Crippen molar-refractivity contribution in [2.45, 2.75) is 205 Å². The molecule has 0 aromatic carbocycles. The zero-order valence-electron chi connectivity index (χ0n) is 26.3. The SMILES string of the molecule is CCCCCCCCCCCCCCCCCCC(O)C(=O)NC(CO)C(O)CCCCCCCCCCC. The van der Waals surface area contributed by atoms with Gasteiger partial charge in [-0.25, -0.2) is 0 Å². The molecule has 4 N–H and O–H groups in total. The van der Waals surface area contributed by atoms with Gasteiger partial charge in [0.15, 0.2) is 0 Å². The number of amides is 1. The van der Waals surface area contributed by atoms with Gasteiger partial charge in [-0.1, -0.05) is 174 Å². The van der Waals surface area contributed by atoms with Crippen LogP contribution in [0.15, 0.2) is 0 Å². The van der Waals surface area contributed by atoms with Crippen molar-refractivity contribution < 1.29 is 20.1 Å². The van der Waals surface area contributed by atoms with Gasteiger partial charge in [0.1, 0.15) is 6.10 Å². The van der Waals surface area contributed by atoms with Gasteiger partial charge in [0.25, 0.3) is 0 Å². The average molecular weight is 556 g/mol. The van der Waals surface area contributed by atoms with E-state index < -0.39 is 24.2 Å². The van der Waals surface area contributed by atoms with Crippen LogP contribution in [0.3, 0.4) is 0 Å². The summed E-state index contributed by atoms with van der Waals surface area (Å²) in [6.07, 6.45) is 30.9. The van der Waals surface area contributed by atoms with Crippen LogP contribution in [-0.4, -0.2) is 46.1 Å². The molecule has 0 aliphatic heterocycles. The van der Waals surface area contributed by atoms with Crippen LogP contribution >= 0.6 is 0 Å². The Balaban J connectivity index is 3.65. The summed E-state index contributed by atoms with van der Waals surface area (Å²) in [6.45, 7) is 4.19. The highest BCUT2D eigenvalue weighted by atomic mass is 16.3. The molecule has 0 aromatic rings. The number of hydrogen-bond donors (Lipinski definition) is 4. The summed E-state index contributed by atoms with van der Waals surface area (Å²) in [7, 11) is 0. The molecule has 1 amide bonds. The van der Waals surface area contributed by atoms with Crippen molar-refractivity contribution in [2.24, 2.45) is 0 Å². The summed E-state index contributed by atoms with van der Waals surface area (Å²) < 4.78 is 0. The molecule has 234 valence electrons. The molecule has 0 saturated carbocycles. The third kappa shape index (κ3) is 26.0. The van der Waals surface area contributed by atoms with E-state index in [-0.39, 0.29) is 6.61 Å². The standard InChI is InChI=1S/C34H69NO4/c1-3-5-7-9-11-13-14-15-16-17-18-19-21-23-25-27-29-33(38)34(39)35-31(30-36)32(37)28-26-24-22-20-12-10-8-6-4-2/h31-33,36-38H,3-30H2,1-2H3,(H,35,39). The minimum atomic E-state index is -1.06. The lowest BCUT2D eigenvalue weighted by Crippen LogP contribution is -2.49. The van der Waals surface area contributed by atoms with E-state index in [1.807, 2.05) is 0 Å². The fourth-order valence-electron chi connectivity index (χ4n) is 5.42. The van der Waals surface area contributed by atoms with E-state index in [0.29, 0.717) is 12.8 Å². The van der Waals surface area contributed by atoms with Gasteiger partial charge < -0.3 is 20.6 Å². The van der Waals surface area contributed by atoms with Gasteiger partial charge in [-0.3, -0.25) is 4.79 Å². The monoisotopic (exact) mass is 556 g/mol. The number of rotatable bonds is 31. The Bertz CT molecular complexity index is 502. The second-order valence-corrected chi connectivity index (χ2v) is 12.1. The number of aliphatic hydroxyl groups excluding tert-OH is 3. The summed E-state index contributed by atoms with van der Waals surface area (Å²) in [6, 6.07) is -0.702. The Morgan fingerprint density at radius 2 is 0.821 bits per heavy atom. The summed E-state index contributed by atoms with van der Waals surface area (Å²) in [4.78, 5) is 12.3. The van der Waals surface area contributed by atoms with Crippen LogP contribution in [0.5, 0.6) is 0 Å². The Morgan fingerprint density at radius 3 is 1.15 bits per heavy atom. The van der Waals surface area contributed by atoms with E-state index in [9.17, 15) is 20.1 Å². The molecule has 3 atom stereocenters. The maximum Gasteiger partial charge on any atom is 0.249 e. The molecule has 0 saturated heterocycles. The first kappa shape index (κ1) is 38.4. The van der Waals surface area contributed by atoms with Crippen molar-refractivity contribution in [3.05, 3.63) is 0 Å². The number of carbonyl (C=O) groups excluding carboxylic acids is 1. The average Bonchev–Trinajstić information content (AvgIpc) is 2.94. The van der Waals surface area contributed by atoms with E-state index in [0.717, 1.165) is 32.1 Å². The van der Waals surface area contributed by atoms with Crippen molar-refractivity contribution in [3.8, 4) is 0 Å². The minimum Gasteiger partial charge on any atom is -0.394 e. The highest BCUT2D eigenvalue weighted by Crippen LogP contribution is 2.15. The number of carbonyl (C=O) groups is 1.